The number of nitrogens with zero attached hydrogens (tertiary/aromatic N) is 3. The summed E-state index contributed by atoms with van der Waals surface area (Å²) in [6.45, 7) is 16.6. The van der Waals surface area contributed by atoms with Gasteiger partial charge in [-0.3, -0.25) is 0 Å². The van der Waals surface area contributed by atoms with Gasteiger partial charge < -0.3 is 9.13 Å². The zero-order chi connectivity index (χ0) is 60.2. The first-order chi connectivity index (χ1) is 41.0. The van der Waals surface area contributed by atoms with Gasteiger partial charge >= 0.3 is 12.4 Å². The minimum atomic E-state index is -5.15. The van der Waals surface area contributed by atoms with Gasteiger partial charge in [-0.25, -0.2) is 0 Å². The number of alkyl halides is 6. The van der Waals surface area contributed by atoms with Gasteiger partial charge in [-0.05, 0) is 190 Å². The van der Waals surface area contributed by atoms with E-state index in [1.165, 1.54) is 0 Å². The third kappa shape index (κ3) is 9.99. The summed E-state index contributed by atoms with van der Waals surface area (Å²) in [5.41, 5.74) is 19.9. The van der Waals surface area contributed by atoms with E-state index in [4.69, 9.17) is 0 Å². The van der Waals surface area contributed by atoms with Crippen LogP contribution in [0.1, 0.15) is 61.2 Å². The summed E-state index contributed by atoms with van der Waals surface area (Å²) >= 11 is 0. The van der Waals surface area contributed by atoms with Crippen LogP contribution in [0.2, 0.25) is 0 Å². The molecule has 2 heterocycles. The molecule has 86 heavy (non-hydrogen) atoms. The summed E-state index contributed by atoms with van der Waals surface area (Å²) in [5.74, 6) is 0. The lowest BCUT2D eigenvalue weighted by Crippen LogP contribution is -2.12. The number of benzene rings is 11. The highest BCUT2D eigenvalue weighted by molar-refractivity contribution is 6.14. The molecule has 2 aromatic heterocycles. The van der Waals surface area contributed by atoms with Crippen molar-refractivity contribution in [1.29, 1.82) is 5.26 Å². The predicted molar refractivity (Wildman–Crippen MR) is 340 cm³/mol. The van der Waals surface area contributed by atoms with Crippen LogP contribution in [0.4, 0.5) is 26.3 Å². The van der Waals surface area contributed by atoms with Crippen molar-refractivity contribution in [3.63, 3.8) is 0 Å². The molecule has 0 atom stereocenters. The summed E-state index contributed by atoms with van der Waals surface area (Å²) in [6.07, 6.45) is -10.2. The van der Waals surface area contributed by atoms with E-state index >= 15 is 13.2 Å². The van der Waals surface area contributed by atoms with Gasteiger partial charge in [0.2, 0.25) is 0 Å². The van der Waals surface area contributed by atoms with Crippen molar-refractivity contribution in [2.75, 3.05) is 0 Å². The highest BCUT2D eigenvalue weighted by Crippen LogP contribution is 2.47. The van der Waals surface area contributed by atoms with Crippen LogP contribution < -0.4 is 0 Å². The fourth-order valence-corrected chi connectivity index (χ4v) is 13.2. The molecule has 9 heteroatoms. The maximum Gasteiger partial charge on any atom is 0.417 e. The number of aryl methyl sites for hydroxylation is 8. The first-order valence-electron chi connectivity index (χ1n) is 28.5. The molecular formula is C77H57F6N3. The summed E-state index contributed by atoms with van der Waals surface area (Å²) in [6, 6.07) is 66.0. The molecule has 0 fully saturated rings. The highest BCUT2D eigenvalue weighted by Gasteiger charge is 2.39. The van der Waals surface area contributed by atoms with Crippen molar-refractivity contribution in [3.8, 4) is 84.2 Å². The van der Waals surface area contributed by atoms with Gasteiger partial charge in [-0.15, -0.1) is 0 Å². The van der Waals surface area contributed by atoms with Gasteiger partial charge in [-0.2, -0.15) is 31.6 Å². The Morgan fingerprint density at radius 1 is 0.291 bits per heavy atom. The van der Waals surface area contributed by atoms with Crippen molar-refractivity contribution < 1.29 is 26.3 Å². The third-order valence-corrected chi connectivity index (χ3v) is 16.6. The standard InChI is InChI=1S/C77H57F6N3/c1-43-23-44(2)28-57(27-43)52-11-19-70-65(36-52)66-37-53(58-29-45(3)24-46(4)30-58)12-20-71(66)85(70)74-35-51(42-84)9-16-63(74)64-17-10-56(62-18-15-61(76(78,79)80)41-69(62)77(81,82)83)40-75(64)86-72-21-13-54(59-31-47(5)25-48(6)32-59)38-67(72)68-39-55(14-22-73(68)86)60-33-49(7)26-50(8)34-60/h9-41H,1-8H3. The monoisotopic (exact) mass is 1140 g/mol. The van der Waals surface area contributed by atoms with E-state index < -0.39 is 29.0 Å². The Kier molecular flexibility index (Phi) is 13.3. The Balaban J connectivity index is 1.14. The molecule has 0 saturated carbocycles. The molecule has 13 aromatic rings. The van der Waals surface area contributed by atoms with Crippen molar-refractivity contribution >= 4 is 43.6 Å². The Morgan fingerprint density at radius 2 is 0.605 bits per heavy atom. The molecule has 0 N–H and O–H groups in total. The fraction of sp³-hybridized carbons (Fsp3) is 0.130. The predicted octanol–water partition coefficient (Wildman–Crippen LogP) is 22.3. The number of rotatable bonds is 8. The van der Waals surface area contributed by atoms with Gasteiger partial charge in [0.15, 0.2) is 0 Å². The molecule has 13 rings (SSSR count). The average molecular weight is 1140 g/mol. The van der Waals surface area contributed by atoms with Crippen LogP contribution in [-0.2, 0) is 12.4 Å². The van der Waals surface area contributed by atoms with Crippen LogP contribution in [0.3, 0.4) is 0 Å². The van der Waals surface area contributed by atoms with Crippen LogP contribution in [0.25, 0.3) is 122 Å². The molecule has 0 aliphatic carbocycles. The molecule has 422 valence electrons. The molecule has 0 bridgehead atoms. The van der Waals surface area contributed by atoms with Gasteiger partial charge in [0, 0.05) is 32.7 Å². The molecule has 11 aromatic carbocycles. The number of nitriles is 1. The second kappa shape index (κ2) is 20.7. The Labute approximate surface area is 495 Å². The molecule has 0 unspecified atom stereocenters. The Hall–Kier alpha value is -9.91. The number of hydrogen-bond acceptors (Lipinski definition) is 1. The lowest BCUT2D eigenvalue weighted by molar-refractivity contribution is -0.142. The maximum absolute atomic E-state index is 15.3. The second-order valence-electron chi connectivity index (χ2n) is 23.4. The minimum absolute atomic E-state index is 0.0587. The molecule has 0 saturated heterocycles. The normalized spacial score (nSPS) is 12.1. The second-order valence-corrected chi connectivity index (χ2v) is 23.4. The number of hydrogen-bond donors (Lipinski definition) is 0. The lowest BCUT2D eigenvalue weighted by Gasteiger charge is -2.21. The topological polar surface area (TPSA) is 33.6 Å². The largest absolute Gasteiger partial charge is 0.417 e. The minimum Gasteiger partial charge on any atom is -0.309 e. The van der Waals surface area contributed by atoms with E-state index in [9.17, 15) is 18.4 Å². The summed E-state index contributed by atoms with van der Waals surface area (Å²) in [7, 11) is 0. The summed E-state index contributed by atoms with van der Waals surface area (Å²) < 4.78 is 93.1. The lowest BCUT2D eigenvalue weighted by atomic mass is 9.92. The van der Waals surface area contributed by atoms with E-state index in [1.807, 2.05) is 24.3 Å². The zero-order valence-corrected chi connectivity index (χ0v) is 48.7. The molecule has 0 radical (unpaired) electrons. The summed E-state index contributed by atoms with van der Waals surface area (Å²) in [4.78, 5) is 0. The van der Waals surface area contributed by atoms with Crippen molar-refractivity contribution in [3.05, 3.63) is 261 Å². The summed E-state index contributed by atoms with van der Waals surface area (Å²) in [5, 5.41) is 14.5. The van der Waals surface area contributed by atoms with Gasteiger partial charge in [0.25, 0.3) is 0 Å². The van der Waals surface area contributed by atoms with Gasteiger partial charge in [0.1, 0.15) is 0 Å². The number of halogens is 6. The van der Waals surface area contributed by atoms with Gasteiger partial charge in [-0.1, -0.05) is 166 Å². The van der Waals surface area contributed by atoms with Crippen molar-refractivity contribution in [1.82, 2.24) is 9.13 Å². The van der Waals surface area contributed by atoms with E-state index in [0.717, 1.165) is 139 Å². The smallest absolute Gasteiger partial charge is 0.309 e. The van der Waals surface area contributed by atoms with E-state index in [1.54, 1.807) is 24.3 Å². The quantitative estimate of drug-likeness (QED) is 0.140. The van der Waals surface area contributed by atoms with Gasteiger partial charge in [0.05, 0.1) is 56.2 Å². The van der Waals surface area contributed by atoms with Crippen LogP contribution in [0, 0.1) is 66.7 Å². The first-order valence-corrected chi connectivity index (χ1v) is 28.5. The third-order valence-electron chi connectivity index (χ3n) is 16.6. The maximum atomic E-state index is 15.3. The number of aromatic nitrogens is 2. The molecule has 0 spiro atoms. The first kappa shape index (κ1) is 55.3. The molecule has 0 aliphatic heterocycles. The molecule has 0 aliphatic rings. The van der Waals surface area contributed by atoms with Crippen LogP contribution in [0.5, 0.6) is 0 Å². The number of fused-ring (bicyclic) bond motifs is 6. The molecular weight excluding hydrogens is 1080 g/mol. The highest BCUT2D eigenvalue weighted by atomic mass is 19.4. The van der Waals surface area contributed by atoms with Crippen molar-refractivity contribution in [2.24, 2.45) is 0 Å². The van der Waals surface area contributed by atoms with E-state index in [-0.39, 0.29) is 11.6 Å². The SMILES string of the molecule is Cc1cc(C)cc(-c2ccc3c(c2)c2cc(-c4cc(C)cc(C)c4)ccc2n3-c2cc(C#N)ccc2-c2ccc(-c3ccc(C(F)(F)F)cc3C(F)(F)F)cc2-n2c3ccc(-c4cc(C)cc(C)c4)cc3c3cc(-c4cc(C)cc(C)c4)ccc32)c1. The van der Waals surface area contributed by atoms with E-state index in [0.29, 0.717) is 34.1 Å². The van der Waals surface area contributed by atoms with E-state index in [2.05, 4.69) is 204 Å². The Morgan fingerprint density at radius 3 is 0.930 bits per heavy atom. The van der Waals surface area contributed by atoms with Crippen LogP contribution in [-0.4, -0.2) is 9.13 Å². The molecule has 0 amide bonds. The van der Waals surface area contributed by atoms with Crippen molar-refractivity contribution in [2.45, 2.75) is 67.7 Å². The van der Waals surface area contributed by atoms with Crippen LogP contribution >= 0.6 is 0 Å². The fourth-order valence-electron chi connectivity index (χ4n) is 13.2. The van der Waals surface area contributed by atoms with Crippen LogP contribution in [0.15, 0.2) is 200 Å². The zero-order valence-electron chi connectivity index (χ0n) is 48.7. The molecule has 3 nitrogen and oxygen atoms in total. The average Bonchev–Trinajstić information content (AvgIpc) is 1.63. The Bertz CT molecular complexity index is 4720.